The van der Waals surface area contributed by atoms with Crippen LogP contribution in [0.1, 0.15) is 5.56 Å². The molecule has 0 radical (unpaired) electrons. The zero-order chi connectivity index (χ0) is 13.9. The Morgan fingerprint density at radius 1 is 1.17 bits per heavy atom. The third-order valence-corrected chi connectivity index (χ3v) is 2.07. The van der Waals surface area contributed by atoms with Crippen molar-refractivity contribution in [1.29, 1.82) is 0 Å². The summed E-state index contributed by atoms with van der Waals surface area (Å²) in [6, 6.07) is 4.11. The van der Waals surface area contributed by atoms with E-state index < -0.39 is 17.4 Å². The molecule has 1 aromatic carbocycles. The van der Waals surface area contributed by atoms with E-state index in [4.69, 9.17) is 5.73 Å². The third kappa shape index (κ3) is 2.71. The lowest BCUT2D eigenvalue weighted by Gasteiger charge is -2.08. The molecule has 2 N–H and O–H groups in total. The van der Waals surface area contributed by atoms with E-state index in [9.17, 15) is 18.0 Å². The molecule has 0 bridgehead atoms. The Morgan fingerprint density at radius 2 is 1.78 bits per heavy atom. The number of alkyl halides is 3. The molecule has 0 atom stereocenters. The largest absolute Gasteiger partial charge is 0.423 e. The maximum absolute atomic E-state index is 12.6. The fraction of sp³-hybridized carbons (Fsp3) is 0.0833. The summed E-state index contributed by atoms with van der Waals surface area (Å²) in [5, 5.41) is -0.179. The lowest BCUT2D eigenvalue weighted by molar-refractivity contribution is -0.136. The van der Waals surface area contributed by atoms with Crippen molar-refractivity contribution in [2.24, 2.45) is 0 Å². The van der Waals surface area contributed by atoms with E-state index in [-0.39, 0.29) is 16.7 Å². The van der Waals surface area contributed by atoms with Gasteiger partial charge in [-0.1, -0.05) is 0 Å². The van der Waals surface area contributed by atoms with Crippen LogP contribution in [-0.4, -0.2) is 0 Å². The number of halogens is 3. The molecule has 6 heteroatoms. The number of benzene rings is 1. The summed E-state index contributed by atoms with van der Waals surface area (Å²) in [7, 11) is 0. The van der Waals surface area contributed by atoms with Crippen LogP contribution in [-0.2, 0) is 6.18 Å². The van der Waals surface area contributed by atoms with Gasteiger partial charge in [-0.05, 0) is 12.1 Å². The predicted octanol–water partition coefficient (Wildman–Crippen LogP) is 3.20. The van der Waals surface area contributed by atoms with Gasteiger partial charge in [-0.2, -0.15) is 13.2 Å². The molecule has 18 heavy (non-hydrogen) atoms. The highest BCUT2D eigenvalue weighted by atomic mass is 19.4. The Kier molecular flexibility index (Phi) is 3.80. The second-order valence-corrected chi connectivity index (χ2v) is 3.23. The lowest BCUT2D eigenvalue weighted by atomic mass is 10.1. The Morgan fingerprint density at radius 3 is 2.33 bits per heavy atom. The molecule has 2 aromatic rings. The van der Waals surface area contributed by atoms with Crippen molar-refractivity contribution in [3.8, 4) is 0 Å². The molecule has 0 aliphatic heterocycles. The van der Waals surface area contributed by atoms with Gasteiger partial charge in [-0.15, -0.1) is 13.2 Å². The second kappa shape index (κ2) is 4.95. The highest BCUT2D eigenvalue weighted by Gasteiger charge is 2.33. The van der Waals surface area contributed by atoms with Gasteiger partial charge in [0.15, 0.2) is 0 Å². The van der Waals surface area contributed by atoms with Crippen LogP contribution in [0.5, 0.6) is 0 Å². The molecule has 0 amide bonds. The van der Waals surface area contributed by atoms with Crippen LogP contribution in [0.15, 0.2) is 46.6 Å². The van der Waals surface area contributed by atoms with Gasteiger partial charge in [0.2, 0.25) is 0 Å². The van der Waals surface area contributed by atoms with Crippen LogP contribution < -0.4 is 11.4 Å². The van der Waals surface area contributed by atoms with E-state index in [1.54, 1.807) is 0 Å². The SMILES string of the molecule is C=C.Nc1ccc2c(C(F)(F)F)cc(=O)oc2c1. The maximum Gasteiger partial charge on any atom is 0.417 e. The van der Waals surface area contributed by atoms with Crippen molar-refractivity contribution in [1.82, 2.24) is 0 Å². The molecule has 2 rings (SSSR count). The van der Waals surface area contributed by atoms with E-state index in [1.807, 2.05) is 0 Å². The van der Waals surface area contributed by atoms with Gasteiger partial charge in [0, 0.05) is 23.2 Å². The Bertz CT molecular complexity index is 617. The van der Waals surface area contributed by atoms with Crippen molar-refractivity contribution in [2.45, 2.75) is 6.18 Å². The standard InChI is InChI=1S/C10H6F3NO2.C2H4/c11-10(12,13)7-4-9(15)16-8-3-5(14)1-2-6(7)8;1-2/h1-4H,14H2;1-2H2. The minimum Gasteiger partial charge on any atom is -0.423 e. The monoisotopic (exact) mass is 257 g/mol. The molecule has 1 aromatic heterocycles. The summed E-state index contributed by atoms with van der Waals surface area (Å²) in [5.74, 6) is 0. The summed E-state index contributed by atoms with van der Waals surface area (Å²) >= 11 is 0. The highest BCUT2D eigenvalue weighted by Crippen LogP contribution is 2.34. The van der Waals surface area contributed by atoms with Crippen LogP contribution in [0.3, 0.4) is 0 Å². The number of fused-ring (bicyclic) bond motifs is 1. The molecule has 0 saturated heterocycles. The van der Waals surface area contributed by atoms with Crippen LogP contribution in [0.4, 0.5) is 18.9 Å². The molecule has 0 unspecified atom stereocenters. The molecular formula is C12H10F3NO2. The average molecular weight is 257 g/mol. The topological polar surface area (TPSA) is 56.2 Å². The van der Waals surface area contributed by atoms with E-state index >= 15 is 0 Å². The average Bonchev–Trinajstić information content (AvgIpc) is 2.28. The first kappa shape index (κ1) is 13.8. The number of nitrogen functional groups attached to an aromatic ring is 1. The molecular weight excluding hydrogens is 247 g/mol. The smallest absolute Gasteiger partial charge is 0.417 e. The van der Waals surface area contributed by atoms with Gasteiger partial charge >= 0.3 is 11.8 Å². The zero-order valence-corrected chi connectivity index (χ0v) is 9.25. The fourth-order valence-corrected chi connectivity index (χ4v) is 1.41. The number of anilines is 1. The summed E-state index contributed by atoms with van der Waals surface area (Å²) < 4.78 is 42.4. The van der Waals surface area contributed by atoms with Crippen molar-refractivity contribution in [2.75, 3.05) is 5.73 Å². The van der Waals surface area contributed by atoms with Gasteiger partial charge in [0.05, 0.1) is 5.56 Å². The maximum atomic E-state index is 12.6. The summed E-state index contributed by atoms with van der Waals surface area (Å²) in [6.07, 6.45) is -4.59. The molecule has 0 aliphatic rings. The van der Waals surface area contributed by atoms with E-state index in [1.165, 1.54) is 18.2 Å². The third-order valence-electron chi connectivity index (χ3n) is 2.07. The van der Waals surface area contributed by atoms with Gasteiger partial charge in [0.1, 0.15) is 5.58 Å². The Labute approximate surface area is 100 Å². The minimum atomic E-state index is -4.59. The molecule has 96 valence electrons. The van der Waals surface area contributed by atoms with Crippen LogP contribution >= 0.6 is 0 Å². The fourth-order valence-electron chi connectivity index (χ4n) is 1.41. The van der Waals surface area contributed by atoms with Gasteiger partial charge < -0.3 is 10.2 Å². The quantitative estimate of drug-likeness (QED) is 0.448. The van der Waals surface area contributed by atoms with Gasteiger partial charge in [-0.3, -0.25) is 0 Å². The van der Waals surface area contributed by atoms with Crippen molar-refractivity contribution < 1.29 is 17.6 Å². The van der Waals surface area contributed by atoms with Crippen LogP contribution in [0.25, 0.3) is 11.0 Å². The van der Waals surface area contributed by atoms with Gasteiger partial charge in [0.25, 0.3) is 0 Å². The van der Waals surface area contributed by atoms with Crippen LogP contribution in [0.2, 0.25) is 0 Å². The Hall–Kier alpha value is -2.24. The second-order valence-electron chi connectivity index (χ2n) is 3.23. The molecule has 0 fully saturated rings. The number of rotatable bonds is 0. The van der Waals surface area contributed by atoms with Crippen molar-refractivity contribution in [3.63, 3.8) is 0 Å². The van der Waals surface area contributed by atoms with E-state index in [2.05, 4.69) is 17.6 Å². The molecule has 0 saturated carbocycles. The highest BCUT2D eigenvalue weighted by molar-refractivity contribution is 5.83. The van der Waals surface area contributed by atoms with Gasteiger partial charge in [-0.25, -0.2) is 4.79 Å². The lowest BCUT2D eigenvalue weighted by Crippen LogP contribution is -2.11. The first-order valence-electron chi connectivity index (χ1n) is 4.78. The van der Waals surface area contributed by atoms with E-state index in [0.29, 0.717) is 6.07 Å². The summed E-state index contributed by atoms with van der Waals surface area (Å²) in [5.41, 5.74) is 3.39. The molecule has 1 heterocycles. The molecule has 0 spiro atoms. The summed E-state index contributed by atoms with van der Waals surface area (Å²) in [6.45, 7) is 6.00. The minimum absolute atomic E-state index is 0.167. The Balaban J connectivity index is 0.000000771. The normalized spacial score (nSPS) is 10.8. The first-order valence-corrected chi connectivity index (χ1v) is 4.78. The number of nitrogens with two attached hydrogens (primary N) is 1. The number of hydrogen-bond donors (Lipinski definition) is 1. The molecule has 0 aliphatic carbocycles. The van der Waals surface area contributed by atoms with Crippen molar-refractivity contribution in [3.05, 3.63) is 53.4 Å². The predicted molar refractivity (Wildman–Crippen MR) is 63.2 cm³/mol. The zero-order valence-electron chi connectivity index (χ0n) is 9.25. The summed E-state index contributed by atoms with van der Waals surface area (Å²) in [4.78, 5) is 11.0. The number of hydrogen-bond acceptors (Lipinski definition) is 3. The first-order chi connectivity index (χ1) is 8.38. The molecule has 3 nitrogen and oxygen atoms in total. The van der Waals surface area contributed by atoms with E-state index in [0.717, 1.165) is 0 Å². The van der Waals surface area contributed by atoms with Crippen LogP contribution in [0, 0.1) is 0 Å². The van der Waals surface area contributed by atoms with Crippen molar-refractivity contribution >= 4 is 16.7 Å².